The fourth-order valence-corrected chi connectivity index (χ4v) is 8.28. The third kappa shape index (κ3) is 5.29. The molecular formula is C51H33N5. The van der Waals surface area contributed by atoms with E-state index in [-0.39, 0.29) is 0 Å². The van der Waals surface area contributed by atoms with Crippen LogP contribution in [-0.4, -0.2) is 24.1 Å². The van der Waals surface area contributed by atoms with Crippen molar-refractivity contribution in [3.8, 4) is 56.1 Å². The van der Waals surface area contributed by atoms with Crippen LogP contribution >= 0.6 is 0 Å². The maximum atomic E-state index is 4.90. The largest absolute Gasteiger partial charge is 0.309 e. The maximum Gasteiger partial charge on any atom is 0.0963 e. The van der Waals surface area contributed by atoms with Crippen molar-refractivity contribution in [2.45, 2.75) is 0 Å². The molecule has 0 aliphatic carbocycles. The van der Waals surface area contributed by atoms with Crippen LogP contribution in [0, 0.1) is 0 Å². The van der Waals surface area contributed by atoms with Gasteiger partial charge in [0.25, 0.3) is 0 Å². The van der Waals surface area contributed by atoms with E-state index in [9.17, 15) is 0 Å². The van der Waals surface area contributed by atoms with Crippen molar-refractivity contribution in [3.05, 3.63) is 201 Å². The lowest BCUT2D eigenvalue weighted by Gasteiger charge is -2.13. The third-order valence-corrected chi connectivity index (χ3v) is 10.8. The average Bonchev–Trinajstić information content (AvgIpc) is 3.79. The van der Waals surface area contributed by atoms with Gasteiger partial charge in [-0.1, -0.05) is 72.8 Å². The molecule has 5 aromatic heterocycles. The molecule has 6 aromatic carbocycles. The zero-order chi connectivity index (χ0) is 37.0. The van der Waals surface area contributed by atoms with Crippen LogP contribution in [0.3, 0.4) is 0 Å². The summed E-state index contributed by atoms with van der Waals surface area (Å²) >= 11 is 0. The molecule has 0 saturated heterocycles. The molecule has 0 spiro atoms. The standard InChI is InChI=1S/C51H33N5/c1-2-13-40(14-3-1)55-47-19-5-4-16-42(47)44-32-35(22-24-48(44)55)36-21-23-43-50(33-36)56(49-20-11-27-54-51(43)49)41-15-10-12-34(31-41)37-28-38(45-17-6-8-25-52-45)30-39(29-37)46-18-7-9-26-53-46/h1-33H. The van der Waals surface area contributed by atoms with Gasteiger partial charge in [0, 0.05) is 57.3 Å². The van der Waals surface area contributed by atoms with Gasteiger partial charge < -0.3 is 9.13 Å². The molecule has 5 nitrogen and oxygen atoms in total. The summed E-state index contributed by atoms with van der Waals surface area (Å²) < 4.78 is 4.71. The predicted molar refractivity (Wildman–Crippen MR) is 230 cm³/mol. The molecule has 0 N–H and O–H groups in total. The minimum atomic E-state index is 0.923. The minimum Gasteiger partial charge on any atom is -0.309 e. The fraction of sp³-hybridized carbons (Fsp3) is 0. The number of para-hydroxylation sites is 2. The summed E-state index contributed by atoms with van der Waals surface area (Å²) in [7, 11) is 0. The van der Waals surface area contributed by atoms with E-state index >= 15 is 0 Å². The van der Waals surface area contributed by atoms with E-state index in [0.29, 0.717) is 0 Å². The maximum absolute atomic E-state index is 4.90. The average molecular weight is 716 g/mol. The molecule has 0 aliphatic heterocycles. The van der Waals surface area contributed by atoms with E-state index < -0.39 is 0 Å². The van der Waals surface area contributed by atoms with E-state index in [1.807, 2.05) is 48.9 Å². The van der Waals surface area contributed by atoms with E-state index in [0.717, 1.165) is 72.5 Å². The number of nitrogens with zero attached hydrogens (tertiary/aromatic N) is 5. The van der Waals surface area contributed by atoms with Crippen LogP contribution in [0.5, 0.6) is 0 Å². The first-order valence-electron chi connectivity index (χ1n) is 18.8. The highest BCUT2D eigenvalue weighted by molar-refractivity contribution is 6.11. The van der Waals surface area contributed by atoms with Crippen molar-refractivity contribution < 1.29 is 0 Å². The molecule has 5 heteroatoms. The van der Waals surface area contributed by atoms with Crippen molar-refractivity contribution >= 4 is 43.7 Å². The zero-order valence-corrected chi connectivity index (χ0v) is 30.3. The molecule has 0 saturated carbocycles. The summed E-state index contributed by atoms with van der Waals surface area (Å²) in [6, 6.07) is 64.6. The highest BCUT2D eigenvalue weighted by Crippen LogP contribution is 2.39. The van der Waals surface area contributed by atoms with E-state index in [4.69, 9.17) is 15.0 Å². The molecule has 262 valence electrons. The Balaban J connectivity index is 1.08. The molecule has 0 radical (unpaired) electrons. The number of aromatic nitrogens is 5. The second-order valence-electron chi connectivity index (χ2n) is 14.1. The second kappa shape index (κ2) is 13.0. The summed E-state index contributed by atoms with van der Waals surface area (Å²) in [5, 5.41) is 3.59. The van der Waals surface area contributed by atoms with Crippen LogP contribution in [-0.2, 0) is 0 Å². The Hall–Kier alpha value is -7.63. The number of hydrogen-bond acceptors (Lipinski definition) is 3. The SMILES string of the molecule is c1ccc(-n2c3ccccc3c3cc(-c4ccc5c6ncccc6n(-c6cccc(-c7cc(-c8ccccn8)cc(-c8ccccn8)c7)c6)c5c4)ccc32)cc1. The highest BCUT2D eigenvalue weighted by Gasteiger charge is 2.17. The second-order valence-corrected chi connectivity index (χ2v) is 14.1. The van der Waals surface area contributed by atoms with Gasteiger partial charge in [-0.25, -0.2) is 0 Å². The quantitative estimate of drug-likeness (QED) is 0.172. The van der Waals surface area contributed by atoms with Crippen LogP contribution in [0.4, 0.5) is 0 Å². The van der Waals surface area contributed by atoms with E-state index in [1.54, 1.807) is 0 Å². The van der Waals surface area contributed by atoms with Crippen molar-refractivity contribution in [2.75, 3.05) is 0 Å². The van der Waals surface area contributed by atoms with E-state index in [1.165, 1.54) is 27.4 Å². The highest BCUT2D eigenvalue weighted by atomic mass is 15.0. The summed E-state index contributed by atoms with van der Waals surface area (Å²) in [6.07, 6.45) is 5.57. The summed E-state index contributed by atoms with van der Waals surface area (Å²) in [5.41, 5.74) is 16.2. The lowest BCUT2D eigenvalue weighted by atomic mass is 9.96. The van der Waals surface area contributed by atoms with Crippen LogP contribution < -0.4 is 0 Å². The number of hydrogen-bond donors (Lipinski definition) is 0. The Bertz CT molecular complexity index is 3180. The molecule has 11 aromatic rings. The van der Waals surface area contributed by atoms with Gasteiger partial charge in [-0.15, -0.1) is 0 Å². The van der Waals surface area contributed by atoms with Gasteiger partial charge in [-0.05, 0) is 131 Å². The molecular weight excluding hydrogens is 683 g/mol. The Kier molecular flexibility index (Phi) is 7.42. The summed E-state index contributed by atoms with van der Waals surface area (Å²) in [6.45, 7) is 0. The normalized spacial score (nSPS) is 11.6. The number of benzene rings is 6. The Morgan fingerprint density at radius 1 is 0.286 bits per heavy atom. The van der Waals surface area contributed by atoms with Gasteiger partial charge in [0.15, 0.2) is 0 Å². The van der Waals surface area contributed by atoms with Crippen LogP contribution in [0.15, 0.2) is 201 Å². The van der Waals surface area contributed by atoms with Crippen LogP contribution in [0.25, 0.3) is 99.9 Å². The van der Waals surface area contributed by atoms with Crippen molar-refractivity contribution in [1.29, 1.82) is 0 Å². The first-order valence-corrected chi connectivity index (χ1v) is 18.8. The number of pyridine rings is 3. The lowest BCUT2D eigenvalue weighted by Crippen LogP contribution is -1.95. The smallest absolute Gasteiger partial charge is 0.0963 e. The number of rotatable bonds is 6. The van der Waals surface area contributed by atoms with Crippen molar-refractivity contribution in [3.63, 3.8) is 0 Å². The molecule has 5 heterocycles. The Morgan fingerprint density at radius 3 is 1.68 bits per heavy atom. The van der Waals surface area contributed by atoms with Gasteiger partial charge >= 0.3 is 0 Å². The van der Waals surface area contributed by atoms with Crippen LogP contribution in [0.1, 0.15) is 0 Å². The third-order valence-electron chi connectivity index (χ3n) is 10.8. The topological polar surface area (TPSA) is 48.5 Å². The first kappa shape index (κ1) is 31.9. The minimum absolute atomic E-state index is 0.923. The van der Waals surface area contributed by atoms with E-state index in [2.05, 4.69) is 161 Å². The number of fused-ring (bicyclic) bond motifs is 6. The van der Waals surface area contributed by atoms with Crippen LogP contribution in [0.2, 0.25) is 0 Å². The molecule has 0 aliphatic rings. The molecule has 0 bridgehead atoms. The van der Waals surface area contributed by atoms with Gasteiger partial charge in [-0.2, -0.15) is 0 Å². The van der Waals surface area contributed by atoms with Gasteiger partial charge in [0.2, 0.25) is 0 Å². The molecule has 56 heavy (non-hydrogen) atoms. The molecule has 0 unspecified atom stereocenters. The van der Waals surface area contributed by atoms with Crippen molar-refractivity contribution in [2.24, 2.45) is 0 Å². The monoisotopic (exact) mass is 715 g/mol. The molecule has 0 fully saturated rings. The first-order chi connectivity index (χ1) is 27.8. The lowest BCUT2D eigenvalue weighted by molar-refractivity contribution is 1.18. The summed E-state index contributed by atoms with van der Waals surface area (Å²) in [5.74, 6) is 0. The fourth-order valence-electron chi connectivity index (χ4n) is 8.28. The molecule has 0 amide bonds. The molecule has 11 rings (SSSR count). The van der Waals surface area contributed by atoms with Crippen molar-refractivity contribution in [1.82, 2.24) is 24.1 Å². The zero-order valence-electron chi connectivity index (χ0n) is 30.3. The van der Waals surface area contributed by atoms with Gasteiger partial charge in [0.05, 0.1) is 39.0 Å². The Labute approximate surface area is 323 Å². The summed E-state index contributed by atoms with van der Waals surface area (Å²) in [4.78, 5) is 14.3. The van der Waals surface area contributed by atoms with Gasteiger partial charge in [0.1, 0.15) is 0 Å². The molecule has 0 atom stereocenters. The Morgan fingerprint density at radius 2 is 0.893 bits per heavy atom. The predicted octanol–water partition coefficient (Wildman–Crippen LogP) is 12.7. The van der Waals surface area contributed by atoms with Gasteiger partial charge in [-0.3, -0.25) is 15.0 Å².